The van der Waals surface area contributed by atoms with Gasteiger partial charge in [-0.25, -0.2) is 0 Å². The molecule has 0 aliphatic rings. The molecule has 1 atom stereocenters. The molecule has 0 aliphatic carbocycles. The lowest BCUT2D eigenvalue weighted by Gasteiger charge is -2.14. The molecule has 7 nitrogen and oxygen atoms in total. The van der Waals surface area contributed by atoms with E-state index in [1.165, 1.54) is 7.05 Å². The molecule has 0 aromatic heterocycles. The third-order valence-corrected chi connectivity index (χ3v) is 2.42. The molecule has 3 N–H and O–H groups in total. The highest BCUT2D eigenvalue weighted by Gasteiger charge is 2.17. The van der Waals surface area contributed by atoms with E-state index in [1.54, 1.807) is 6.92 Å². The zero-order valence-corrected chi connectivity index (χ0v) is 11.4. The molecule has 0 aromatic carbocycles. The third kappa shape index (κ3) is 8.15. The van der Waals surface area contributed by atoms with E-state index >= 15 is 0 Å². The van der Waals surface area contributed by atoms with Crippen LogP contribution in [0.2, 0.25) is 0 Å². The Morgan fingerprint density at radius 3 is 2.37 bits per heavy atom. The number of carbonyl (C=O) groups is 3. The van der Waals surface area contributed by atoms with Crippen LogP contribution in [0, 0.1) is 0 Å². The molecule has 2 amide bonds. The van der Waals surface area contributed by atoms with Gasteiger partial charge in [0.05, 0.1) is 13.2 Å². The lowest BCUT2D eigenvalue weighted by atomic mass is 10.2. The highest BCUT2D eigenvalue weighted by Crippen LogP contribution is 2.01. The lowest BCUT2D eigenvalue weighted by molar-refractivity contribution is -0.143. The summed E-state index contributed by atoms with van der Waals surface area (Å²) in [5, 5.41) is 13.7. The summed E-state index contributed by atoms with van der Waals surface area (Å²) >= 11 is 0. The van der Waals surface area contributed by atoms with Crippen molar-refractivity contribution < 1.29 is 24.2 Å². The molecule has 0 radical (unpaired) electrons. The monoisotopic (exact) mass is 274 g/mol. The fourth-order valence-electron chi connectivity index (χ4n) is 1.42. The first-order valence-corrected chi connectivity index (χ1v) is 6.32. The Kier molecular flexibility index (Phi) is 9.42. The van der Waals surface area contributed by atoms with Crippen molar-refractivity contribution in [1.29, 1.82) is 0 Å². The number of carbonyl (C=O) groups excluding carboxylic acids is 3. The predicted octanol–water partition coefficient (Wildman–Crippen LogP) is -0.667. The Labute approximate surface area is 112 Å². The van der Waals surface area contributed by atoms with Crippen LogP contribution < -0.4 is 10.6 Å². The number of likely N-dealkylation sites (N-methyl/N-ethyl adjacent to an activating group) is 1. The van der Waals surface area contributed by atoms with Gasteiger partial charge in [-0.05, 0) is 19.8 Å². The maximum atomic E-state index is 11.5. The molecular weight excluding hydrogens is 252 g/mol. The fraction of sp³-hybridized carbons (Fsp3) is 0.750. The van der Waals surface area contributed by atoms with Crippen LogP contribution in [0.25, 0.3) is 0 Å². The molecule has 0 spiro atoms. The van der Waals surface area contributed by atoms with Crippen molar-refractivity contribution >= 4 is 17.8 Å². The molecule has 0 unspecified atom stereocenters. The Bertz CT molecular complexity index is 306. The summed E-state index contributed by atoms with van der Waals surface area (Å²) in [5.74, 6) is -1.05. The van der Waals surface area contributed by atoms with Gasteiger partial charge in [-0.1, -0.05) is 0 Å². The van der Waals surface area contributed by atoms with Crippen LogP contribution in [-0.2, 0) is 19.1 Å². The number of hydrogen-bond acceptors (Lipinski definition) is 5. The van der Waals surface area contributed by atoms with Crippen molar-refractivity contribution in [3.63, 3.8) is 0 Å². The zero-order chi connectivity index (χ0) is 14.7. The molecule has 0 aliphatic heterocycles. The van der Waals surface area contributed by atoms with Crippen LogP contribution in [0.1, 0.15) is 32.6 Å². The highest BCUT2D eigenvalue weighted by atomic mass is 16.5. The molecule has 0 fully saturated rings. The molecule has 19 heavy (non-hydrogen) atoms. The van der Waals surface area contributed by atoms with E-state index in [-0.39, 0.29) is 24.7 Å². The number of ether oxygens (including phenoxy) is 1. The van der Waals surface area contributed by atoms with E-state index in [4.69, 9.17) is 9.84 Å². The first-order chi connectivity index (χ1) is 9.04. The summed E-state index contributed by atoms with van der Waals surface area (Å²) in [4.78, 5) is 33.7. The maximum absolute atomic E-state index is 11.5. The normalized spacial score (nSPS) is 11.5. The molecule has 0 aromatic rings. The van der Waals surface area contributed by atoms with Gasteiger partial charge in [0.1, 0.15) is 6.04 Å². The third-order valence-electron chi connectivity index (χ3n) is 2.42. The quantitative estimate of drug-likeness (QED) is 0.382. The van der Waals surface area contributed by atoms with Crippen molar-refractivity contribution in [3.8, 4) is 0 Å². The van der Waals surface area contributed by atoms with Crippen molar-refractivity contribution in [1.82, 2.24) is 10.6 Å². The van der Waals surface area contributed by atoms with Gasteiger partial charge in [0, 0.05) is 19.9 Å². The van der Waals surface area contributed by atoms with Gasteiger partial charge in [-0.2, -0.15) is 0 Å². The zero-order valence-electron chi connectivity index (χ0n) is 11.4. The topological polar surface area (TPSA) is 105 Å². The molecule has 0 rings (SSSR count). The molecule has 110 valence electrons. The fourth-order valence-corrected chi connectivity index (χ4v) is 1.42. The minimum Gasteiger partial charge on any atom is -0.466 e. The number of rotatable bonds is 9. The molecule has 7 heteroatoms. The summed E-state index contributed by atoms with van der Waals surface area (Å²) in [5.41, 5.74) is 0. The van der Waals surface area contributed by atoms with Crippen LogP contribution >= 0.6 is 0 Å². The second kappa shape index (κ2) is 10.3. The lowest BCUT2D eigenvalue weighted by Crippen LogP contribution is -2.47. The number of aliphatic hydroxyl groups is 1. The predicted molar refractivity (Wildman–Crippen MR) is 68.2 cm³/mol. The number of nitrogens with one attached hydrogen (secondary N) is 2. The van der Waals surface area contributed by atoms with E-state index in [1.807, 2.05) is 0 Å². The van der Waals surface area contributed by atoms with Crippen molar-refractivity contribution in [2.24, 2.45) is 0 Å². The first-order valence-electron chi connectivity index (χ1n) is 6.32. The van der Waals surface area contributed by atoms with E-state index in [0.29, 0.717) is 19.4 Å². The van der Waals surface area contributed by atoms with Gasteiger partial charge in [0.25, 0.3) is 0 Å². The molecule has 0 bridgehead atoms. The van der Waals surface area contributed by atoms with Crippen molar-refractivity contribution in [2.75, 3.05) is 20.3 Å². The van der Waals surface area contributed by atoms with Crippen LogP contribution in [0.15, 0.2) is 0 Å². The Balaban J connectivity index is 3.80. The van der Waals surface area contributed by atoms with Gasteiger partial charge in [0.15, 0.2) is 0 Å². The van der Waals surface area contributed by atoms with Gasteiger partial charge in [0.2, 0.25) is 11.8 Å². The molecule has 0 saturated heterocycles. The van der Waals surface area contributed by atoms with Gasteiger partial charge >= 0.3 is 5.97 Å². The minimum absolute atomic E-state index is 0.201. The second-order valence-corrected chi connectivity index (χ2v) is 3.93. The SMILES string of the molecule is CCOC(=O)CCCCC(=O)N[C@H](CO)C(=O)NC. The summed E-state index contributed by atoms with van der Waals surface area (Å²) in [6.07, 6.45) is 1.56. The second-order valence-electron chi connectivity index (χ2n) is 3.93. The number of hydrogen-bond donors (Lipinski definition) is 3. The van der Waals surface area contributed by atoms with E-state index < -0.39 is 18.6 Å². The van der Waals surface area contributed by atoms with Gasteiger partial charge in [-0.15, -0.1) is 0 Å². The maximum Gasteiger partial charge on any atom is 0.305 e. The highest BCUT2D eigenvalue weighted by molar-refractivity contribution is 5.87. The average Bonchev–Trinajstić information content (AvgIpc) is 2.40. The Hall–Kier alpha value is -1.63. The molecule has 0 saturated carbocycles. The van der Waals surface area contributed by atoms with Gasteiger partial charge in [-0.3, -0.25) is 14.4 Å². The van der Waals surface area contributed by atoms with Crippen LogP contribution in [0.4, 0.5) is 0 Å². The number of amides is 2. The first kappa shape index (κ1) is 17.4. The Morgan fingerprint density at radius 1 is 1.21 bits per heavy atom. The molecular formula is C12H22N2O5. The average molecular weight is 274 g/mol. The Morgan fingerprint density at radius 2 is 1.84 bits per heavy atom. The van der Waals surface area contributed by atoms with Crippen molar-refractivity contribution in [3.05, 3.63) is 0 Å². The van der Waals surface area contributed by atoms with E-state index in [2.05, 4.69) is 10.6 Å². The summed E-state index contributed by atoms with van der Waals surface area (Å²) in [6.45, 7) is 1.64. The standard InChI is InChI=1S/C12H22N2O5/c1-3-19-11(17)7-5-4-6-10(16)14-9(8-15)12(18)13-2/h9,15H,3-8H2,1-2H3,(H,13,18)(H,14,16)/t9-/m1/s1. The summed E-state index contributed by atoms with van der Waals surface area (Å²) < 4.78 is 4.75. The van der Waals surface area contributed by atoms with Crippen LogP contribution in [0.3, 0.4) is 0 Å². The summed E-state index contributed by atoms with van der Waals surface area (Å²) in [7, 11) is 1.43. The van der Waals surface area contributed by atoms with E-state index in [0.717, 1.165) is 0 Å². The smallest absolute Gasteiger partial charge is 0.305 e. The van der Waals surface area contributed by atoms with Crippen LogP contribution in [0.5, 0.6) is 0 Å². The van der Waals surface area contributed by atoms with Crippen LogP contribution in [-0.4, -0.2) is 49.2 Å². The number of unbranched alkanes of at least 4 members (excludes halogenated alkanes) is 1. The number of esters is 1. The largest absolute Gasteiger partial charge is 0.466 e. The minimum atomic E-state index is -0.928. The molecule has 0 heterocycles. The number of aliphatic hydroxyl groups excluding tert-OH is 1. The van der Waals surface area contributed by atoms with Crippen molar-refractivity contribution in [2.45, 2.75) is 38.6 Å². The summed E-state index contributed by atoms with van der Waals surface area (Å²) in [6, 6.07) is -0.928. The van der Waals surface area contributed by atoms with E-state index in [9.17, 15) is 14.4 Å². The van der Waals surface area contributed by atoms with Gasteiger partial charge < -0.3 is 20.5 Å².